The molecule has 11 heavy (non-hydrogen) atoms. The first-order chi connectivity index (χ1) is 4.97. The maximum Gasteiger partial charge on any atom is -0.0176 e. The second-order valence-corrected chi connectivity index (χ2v) is 5.39. The van der Waals surface area contributed by atoms with Crippen molar-refractivity contribution in [2.45, 2.75) is 41.0 Å². The Morgan fingerprint density at radius 3 is 1.82 bits per heavy atom. The van der Waals surface area contributed by atoms with Crippen LogP contribution in [0.25, 0.3) is 0 Å². The molecule has 0 amide bonds. The molecule has 4 atom stereocenters. The Bertz CT molecular complexity index is 194. The fraction of sp³-hybridized carbons (Fsp3) is 1.00. The molecule has 2 fully saturated rings. The third-order valence-corrected chi connectivity index (χ3v) is 5.06. The summed E-state index contributed by atoms with van der Waals surface area (Å²) in [7, 11) is 0. The van der Waals surface area contributed by atoms with Crippen LogP contribution in [-0.4, -0.2) is 0 Å². The highest BCUT2D eigenvalue weighted by atomic mass is 14.9. The van der Waals surface area contributed by atoms with Gasteiger partial charge in [0.1, 0.15) is 0 Å². The molecule has 2 rings (SSSR count). The lowest BCUT2D eigenvalue weighted by atomic mass is 9.85. The second-order valence-electron chi connectivity index (χ2n) is 5.39. The largest absolute Gasteiger partial charge is 0.0625 e. The van der Waals surface area contributed by atoms with E-state index in [1.54, 1.807) is 0 Å². The van der Waals surface area contributed by atoms with Crippen LogP contribution in [0.4, 0.5) is 0 Å². The van der Waals surface area contributed by atoms with Crippen molar-refractivity contribution in [2.24, 2.45) is 28.6 Å². The van der Waals surface area contributed by atoms with Crippen LogP contribution in [0.5, 0.6) is 0 Å². The van der Waals surface area contributed by atoms with Gasteiger partial charge >= 0.3 is 0 Å². The van der Waals surface area contributed by atoms with Crippen LogP contribution in [0, 0.1) is 28.6 Å². The first-order valence-corrected chi connectivity index (χ1v) is 4.97. The summed E-state index contributed by atoms with van der Waals surface area (Å²) in [6.45, 7) is 12.1. The van der Waals surface area contributed by atoms with E-state index in [-0.39, 0.29) is 0 Å². The summed E-state index contributed by atoms with van der Waals surface area (Å²) in [6.07, 6.45) is 1.51. The first-order valence-electron chi connectivity index (χ1n) is 4.97. The molecule has 0 heteroatoms. The highest BCUT2D eigenvalue weighted by Gasteiger charge is 2.87. The maximum absolute atomic E-state index is 2.47. The summed E-state index contributed by atoms with van der Waals surface area (Å²) >= 11 is 0. The number of hydrogen-bond donors (Lipinski definition) is 0. The lowest BCUT2D eigenvalue weighted by molar-refractivity contribution is 0.283. The molecular weight excluding hydrogens is 132 g/mol. The zero-order valence-electron chi connectivity index (χ0n) is 8.44. The fourth-order valence-corrected chi connectivity index (χ4v) is 3.46. The minimum Gasteiger partial charge on any atom is -0.0625 e. The predicted molar refractivity (Wildman–Crippen MR) is 48.3 cm³/mol. The van der Waals surface area contributed by atoms with E-state index in [0.29, 0.717) is 0 Å². The van der Waals surface area contributed by atoms with Gasteiger partial charge in [0.15, 0.2) is 0 Å². The van der Waals surface area contributed by atoms with Gasteiger partial charge in [-0.3, -0.25) is 0 Å². The van der Waals surface area contributed by atoms with E-state index in [1.807, 2.05) is 0 Å². The van der Waals surface area contributed by atoms with Gasteiger partial charge in [0.25, 0.3) is 0 Å². The molecule has 0 saturated heterocycles. The van der Waals surface area contributed by atoms with Crippen molar-refractivity contribution in [3.8, 4) is 0 Å². The van der Waals surface area contributed by atoms with Gasteiger partial charge in [-0.05, 0) is 35.0 Å². The minimum atomic E-state index is 0.774. The van der Waals surface area contributed by atoms with Crippen molar-refractivity contribution in [1.82, 2.24) is 0 Å². The quantitative estimate of drug-likeness (QED) is 0.569. The second kappa shape index (κ2) is 1.67. The van der Waals surface area contributed by atoms with Gasteiger partial charge in [-0.15, -0.1) is 0 Å². The van der Waals surface area contributed by atoms with E-state index < -0.39 is 0 Å². The first kappa shape index (κ1) is 7.64. The molecular formula is C11H20. The highest BCUT2D eigenvalue weighted by molar-refractivity contribution is 5.34. The summed E-state index contributed by atoms with van der Waals surface area (Å²) in [5.74, 6) is 2.84. The Kier molecular flexibility index (Phi) is 1.16. The Balaban J connectivity index is 2.10. The average molecular weight is 152 g/mol. The average Bonchev–Trinajstić information content (AvgIpc) is 2.70. The van der Waals surface area contributed by atoms with Gasteiger partial charge in [-0.2, -0.15) is 0 Å². The van der Waals surface area contributed by atoms with Gasteiger partial charge in [0, 0.05) is 0 Å². The molecule has 2 aliphatic rings. The van der Waals surface area contributed by atoms with Crippen molar-refractivity contribution in [3.63, 3.8) is 0 Å². The monoisotopic (exact) mass is 152 g/mol. The molecule has 0 spiro atoms. The minimum absolute atomic E-state index is 0.774. The van der Waals surface area contributed by atoms with Crippen LogP contribution < -0.4 is 0 Å². The third-order valence-electron chi connectivity index (χ3n) is 5.06. The predicted octanol–water partition coefficient (Wildman–Crippen LogP) is 3.32. The lowest BCUT2D eigenvalue weighted by Crippen LogP contribution is -2.13. The fourth-order valence-electron chi connectivity index (χ4n) is 3.46. The molecule has 0 aromatic carbocycles. The summed E-state index contributed by atoms with van der Waals surface area (Å²) in [5.41, 5.74) is 1.57. The Morgan fingerprint density at radius 2 is 1.73 bits per heavy atom. The molecule has 4 unspecified atom stereocenters. The summed E-state index contributed by atoms with van der Waals surface area (Å²) in [4.78, 5) is 0. The Hall–Kier alpha value is 0. The number of rotatable bonds is 2. The van der Waals surface area contributed by atoms with Crippen molar-refractivity contribution < 1.29 is 0 Å². The molecule has 0 N–H and O–H groups in total. The van der Waals surface area contributed by atoms with Crippen molar-refractivity contribution in [3.05, 3.63) is 0 Å². The van der Waals surface area contributed by atoms with Gasteiger partial charge in [-0.1, -0.05) is 34.6 Å². The van der Waals surface area contributed by atoms with Crippen LogP contribution in [0.2, 0.25) is 0 Å². The van der Waals surface area contributed by atoms with Gasteiger partial charge in [0.2, 0.25) is 0 Å². The van der Waals surface area contributed by atoms with E-state index in [0.717, 1.165) is 28.6 Å². The van der Waals surface area contributed by atoms with E-state index in [1.165, 1.54) is 6.42 Å². The smallest absolute Gasteiger partial charge is 0.0176 e. The third kappa shape index (κ3) is 0.588. The Labute approximate surface area is 70.4 Å². The molecule has 0 bridgehead atoms. The SMILES string of the molecule is CC(C)C(C)C12CC1(C)C2C. The Morgan fingerprint density at radius 1 is 1.27 bits per heavy atom. The van der Waals surface area contributed by atoms with Crippen LogP contribution in [0.3, 0.4) is 0 Å². The maximum atomic E-state index is 2.47. The van der Waals surface area contributed by atoms with Crippen molar-refractivity contribution in [1.29, 1.82) is 0 Å². The normalized spacial score (nSPS) is 55.6. The van der Waals surface area contributed by atoms with Crippen LogP contribution in [-0.2, 0) is 0 Å². The number of hydrogen-bond acceptors (Lipinski definition) is 0. The van der Waals surface area contributed by atoms with Crippen LogP contribution >= 0.6 is 0 Å². The number of fused-ring (bicyclic) bond motifs is 1. The zero-order chi connectivity index (χ0) is 8.44. The molecule has 0 heterocycles. The molecule has 0 aromatic heterocycles. The van der Waals surface area contributed by atoms with Crippen LogP contribution in [0.15, 0.2) is 0 Å². The molecule has 0 aromatic rings. The standard InChI is InChI=1S/C11H20/c1-7(2)8(3)11-6-10(11,5)9(11)4/h7-9H,6H2,1-5H3. The van der Waals surface area contributed by atoms with Gasteiger partial charge in [-0.25, -0.2) is 0 Å². The molecule has 2 saturated carbocycles. The summed E-state index contributed by atoms with van der Waals surface area (Å²) in [5, 5.41) is 0. The van der Waals surface area contributed by atoms with Gasteiger partial charge in [0.05, 0.1) is 0 Å². The highest BCUT2D eigenvalue weighted by Crippen LogP contribution is 2.92. The zero-order valence-corrected chi connectivity index (χ0v) is 8.44. The van der Waals surface area contributed by atoms with E-state index in [9.17, 15) is 0 Å². The topological polar surface area (TPSA) is 0 Å². The molecule has 0 aliphatic heterocycles. The van der Waals surface area contributed by atoms with E-state index in [4.69, 9.17) is 0 Å². The van der Waals surface area contributed by atoms with E-state index >= 15 is 0 Å². The van der Waals surface area contributed by atoms with Gasteiger partial charge < -0.3 is 0 Å². The molecule has 0 radical (unpaired) electrons. The van der Waals surface area contributed by atoms with Crippen molar-refractivity contribution in [2.75, 3.05) is 0 Å². The van der Waals surface area contributed by atoms with Crippen LogP contribution in [0.1, 0.15) is 41.0 Å². The summed E-state index contributed by atoms with van der Waals surface area (Å²) in [6, 6.07) is 0. The molecule has 2 aliphatic carbocycles. The molecule has 64 valence electrons. The molecule has 0 nitrogen and oxygen atoms in total. The lowest BCUT2D eigenvalue weighted by Gasteiger charge is -2.20. The van der Waals surface area contributed by atoms with Crippen molar-refractivity contribution >= 4 is 0 Å². The van der Waals surface area contributed by atoms with E-state index in [2.05, 4.69) is 34.6 Å². The summed E-state index contributed by atoms with van der Waals surface area (Å²) < 4.78 is 0.